The number of hydrogen-bond acceptors (Lipinski definition) is 7. The number of hydrogen-bond donors (Lipinski definition) is 8. The highest BCUT2D eigenvalue weighted by Gasteiger charge is 2.29. The first-order valence-corrected chi connectivity index (χ1v) is 10.6. The van der Waals surface area contributed by atoms with Crippen molar-refractivity contribution in [2.24, 2.45) is 16.5 Å². The summed E-state index contributed by atoms with van der Waals surface area (Å²) in [5.74, 6) is -5.49. The van der Waals surface area contributed by atoms with Crippen molar-refractivity contribution in [2.45, 2.75) is 37.9 Å². The van der Waals surface area contributed by atoms with E-state index in [1.165, 1.54) is 12.1 Å². The molecule has 194 valence electrons. The third-order valence-electron chi connectivity index (χ3n) is 4.91. The van der Waals surface area contributed by atoms with Crippen LogP contribution < -0.4 is 27.8 Å². The van der Waals surface area contributed by atoms with E-state index in [1.54, 1.807) is 18.2 Å². The number of nitrogens with zero attached hydrogens (tertiary/aromatic N) is 2. The fourth-order valence-electron chi connectivity index (χ4n) is 3.24. The van der Waals surface area contributed by atoms with Crippen LogP contribution in [0.5, 0.6) is 5.88 Å². The number of aromatic nitrogens is 2. The molecule has 0 saturated carbocycles. The lowest BCUT2D eigenvalue weighted by molar-refractivity contribution is -0.143. The normalized spacial score (nSPS) is 12.2. The number of benzene rings is 1. The minimum Gasteiger partial charge on any atom is -0.493 e. The maximum atomic E-state index is 12.7. The predicted molar refractivity (Wildman–Crippen MR) is 125 cm³/mol. The van der Waals surface area contributed by atoms with Crippen molar-refractivity contribution in [1.82, 2.24) is 20.2 Å². The fraction of sp³-hybridized carbons (Fsp3) is 0.333. The van der Waals surface area contributed by atoms with Gasteiger partial charge < -0.3 is 42.4 Å². The topological polar surface area (TPSA) is 255 Å². The maximum Gasteiger partial charge on any atom is 0.330 e. The Morgan fingerprint density at radius 2 is 1.75 bits per heavy atom. The van der Waals surface area contributed by atoms with Gasteiger partial charge in [-0.1, -0.05) is 30.3 Å². The van der Waals surface area contributed by atoms with Crippen molar-refractivity contribution in [3.05, 3.63) is 52.1 Å². The second kappa shape index (κ2) is 12.6. The molecule has 15 heteroatoms. The smallest absolute Gasteiger partial charge is 0.330 e. The summed E-state index contributed by atoms with van der Waals surface area (Å²) in [5, 5.41) is 33.3. The molecule has 0 aliphatic heterocycles. The van der Waals surface area contributed by atoms with Gasteiger partial charge in [-0.15, -0.1) is 0 Å². The minimum absolute atomic E-state index is 0.111. The number of aliphatic carboxylic acids is 2. The molecule has 0 aliphatic carbocycles. The summed E-state index contributed by atoms with van der Waals surface area (Å²) in [6.07, 6.45) is -0.292. The lowest BCUT2D eigenvalue weighted by atomic mass is 10.1. The van der Waals surface area contributed by atoms with Crippen molar-refractivity contribution in [1.29, 1.82) is 0 Å². The zero-order valence-electron chi connectivity index (χ0n) is 19.0. The van der Waals surface area contributed by atoms with Gasteiger partial charge in [0.05, 0.1) is 12.1 Å². The van der Waals surface area contributed by atoms with Crippen molar-refractivity contribution < 1.29 is 34.5 Å². The molecule has 1 aromatic carbocycles. The molecule has 2 atom stereocenters. The standard InChI is InChI=1S/C21H27N7O8/c22-20(23)24-8-4-7-12-18(33)28(21(36)26-12)10-14(29)25-13(9-15(30)31)17(32)27-16(19(34)35)11-5-2-1-3-6-11/h1-3,5-6,13,16,33H,4,7-10H2,(H,25,29)(H,26,36)(H,27,32)(H,30,31)(H,34,35)(H4,22,23,24)/t13-,16+/m0/s1. The molecular formula is C21H27N7O8. The largest absolute Gasteiger partial charge is 0.493 e. The Balaban J connectivity index is 2.11. The first kappa shape index (κ1) is 27.4. The van der Waals surface area contributed by atoms with Crippen LogP contribution in [-0.2, 0) is 32.1 Å². The second-order valence-corrected chi connectivity index (χ2v) is 7.64. The van der Waals surface area contributed by atoms with Crippen LogP contribution in [0.3, 0.4) is 0 Å². The highest BCUT2D eigenvalue weighted by atomic mass is 16.4. The molecule has 1 heterocycles. The zero-order chi connectivity index (χ0) is 26.8. The minimum atomic E-state index is -1.66. The molecule has 2 aromatic rings. The van der Waals surface area contributed by atoms with Gasteiger partial charge in [-0.2, -0.15) is 0 Å². The van der Waals surface area contributed by atoms with Gasteiger partial charge >= 0.3 is 17.6 Å². The first-order chi connectivity index (χ1) is 17.0. The molecule has 0 bridgehead atoms. The summed E-state index contributed by atoms with van der Waals surface area (Å²) in [7, 11) is 0. The molecule has 0 unspecified atom stereocenters. The summed E-state index contributed by atoms with van der Waals surface area (Å²) < 4.78 is 0.699. The Labute approximate surface area is 203 Å². The highest BCUT2D eigenvalue weighted by molar-refractivity contribution is 5.93. The summed E-state index contributed by atoms with van der Waals surface area (Å²) in [4.78, 5) is 66.4. The number of nitrogens with one attached hydrogen (secondary N) is 3. The van der Waals surface area contributed by atoms with E-state index >= 15 is 0 Å². The predicted octanol–water partition coefficient (Wildman–Crippen LogP) is -2.01. The molecule has 0 saturated heterocycles. The molecule has 36 heavy (non-hydrogen) atoms. The zero-order valence-corrected chi connectivity index (χ0v) is 19.0. The van der Waals surface area contributed by atoms with Crippen LogP contribution in [0.2, 0.25) is 0 Å². The molecule has 0 spiro atoms. The highest BCUT2D eigenvalue weighted by Crippen LogP contribution is 2.15. The Morgan fingerprint density at radius 1 is 1.08 bits per heavy atom. The van der Waals surface area contributed by atoms with Gasteiger partial charge in [0.1, 0.15) is 12.6 Å². The van der Waals surface area contributed by atoms with Crippen LogP contribution in [0.25, 0.3) is 0 Å². The third kappa shape index (κ3) is 7.89. The lowest BCUT2D eigenvalue weighted by Gasteiger charge is -2.20. The van der Waals surface area contributed by atoms with Crippen molar-refractivity contribution in [2.75, 3.05) is 6.54 Å². The van der Waals surface area contributed by atoms with Gasteiger partial charge in [0, 0.05) is 6.54 Å². The van der Waals surface area contributed by atoms with Crippen LogP contribution in [0.1, 0.15) is 30.1 Å². The van der Waals surface area contributed by atoms with E-state index in [-0.39, 0.29) is 30.2 Å². The molecule has 0 radical (unpaired) electrons. The number of imidazole rings is 1. The lowest BCUT2D eigenvalue weighted by Crippen LogP contribution is -2.50. The summed E-state index contributed by atoms with van der Waals surface area (Å²) >= 11 is 0. The van der Waals surface area contributed by atoms with E-state index in [1.807, 2.05) is 0 Å². The van der Waals surface area contributed by atoms with E-state index in [0.29, 0.717) is 11.0 Å². The van der Waals surface area contributed by atoms with Gasteiger partial charge in [0.25, 0.3) is 0 Å². The van der Waals surface area contributed by atoms with E-state index in [2.05, 4.69) is 20.6 Å². The van der Waals surface area contributed by atoms with Gasteiger partial charge in [-0.3, -0.25) is 23.9 Å². The second-order valence-electron chi connectivity index (χ2n) is 7.64. The van der Waals surface area contributed by atoms with Gasteiger partial charge in [0.15, 0.2) is 12.0 Å². The molecule has 1 aromatic heterocycles. The van der Waals surface area contributed by atoms with Crippen LogP contribution in [0, 0.1) is 0 Å². The van der Waals surface area contributed by atoms with Crippen LogP contribution in [-0.4, -0.2) is 67.2 Å². The van der Waals surface area contributed by atoms with Gasteiger partial charge in [-0.05, 0) is 18.4 Å². The number of carbonyl (C=O) groups is 4. The Kier molecular flexibility index (Phi) is 9.59. The van der Waals surface area contributed by atoms with Crippen molar-refractivity contribution >= 4 is 29.7 Å². The number of carbonyl (C=O) groups excluding carboxylic acids is 2. The fourth-order valence-corrected chi connectivity index (χ4v) is 3.24. The average Bonchev–Trinajstić information content (AvgIpc) is 3.07. The monoisotopic (exact) mass is 505 g/mol. The number of aromatic amines is 1. The van der Waals surface area contributed by atoms with E-state index in [0.717, 1.165) is 0 Å². The molecule has 15 nitrogen and oxygen atoms in total. The number of rotatable bonds is 13. The Hall–Kier alpha value is -4.82. The average molecular weight is 505 g/mol. The number of carboxylic acids is 2. The quantitative estimate of drug-likeness (QED) is 0.0842. The van der Waals surface area contributed by atoms with Gasteiger partial charge in [-0.25, -0.2) is 9.59 Å². The first-order valence-electron chi connectivity index (χ1n) is 10.6. The van der Waals surface area contributed by atoms with Gasteiger partial charge in [0.2, 0.25) is 17.7 Å². The number of amides is 2. The summed E-state index contributed by atoms with van der Waals surface area (Å²) in [5.41, 5.74) is 10.00. The van der Waals surface area contributed by atoms with Crippen molar-refractivity contribution in [3.63, 3.8) is 0 Å². The molecule has 0 aliphatic rings. The van der Waals surface area contributed by atoms with Crippen molar-refractivity contribution in [3.8, 4) is 5.88 Å². The number of aromatic hydroxyl groups is 1. The molecule has 0 fully saturated rings. The van der Waals surface area contributed by atoms with E-state index in [4.69, 9.17) is 16.6 Å². The number of guanidine groups is 1. The molecule has 2 amide bonds. The van der Waals surface area contributed by atoms with E-state index in [9.17, 15) is 34.2 Å². The molecule has 10 N–H and O–H groups in total. The number of nitrogens with two attached hydrogens (primary N) is 2. The van der Waals surface area contributed by atoms with Crippen LogP contribution in [0.4, 0.5) is 0 Å². The number of H-pyrrole nitrogens is 1. The SMILES string of the molecule is NC(N)=NCCCc1[nH]c(=O)n(CC(=O)N[C@@H](CC(=O)O)C(=O)N[C@@H](C(=O)O)c2ccccc2)c1O. The number of aliphatic imine (C=N–C) groups is 1. The van der Waals surface area contributed by atoms with E-state index < -0.39 is 60.4 Å². The molecular weight excluding hydrogens is 478 g/mol. The number of aryl methyl sites for hydroxylation is 1. The van der Waals surface area contributed by atoms with Crippen LogP contribution in [0.15, 0.2) is 40.1 Å². The Morgan fingerprint density at radius 3 is 2.33 bits per heavy atom. The number of carboxylic acid groups (broad SMARTS) is 2. The third-order valence-corrected chi connectivity index (χ3v) is 4.91. The molecule has 2 rings (SSSR count). The maximum absolute atomic E-state index is 12.7. The Bertz CT molecular complexity index is 1180. The summed E-state index contributed by atoms with van der Waals surface area (Å²) in [6, 6.07) is 4.53. The van der Waals surface area contributed by atoms with Crippen LogP contribution >= 0.6 is 0 Å². The summed E-state index contributed by atoms with van der Waals surface area (Å²) in [6.45, 7) is -0.499.